The molecule has 33 heavy (non-hydrogen) atoms. The summed E-state index contributed by atoms with van der Waals surface area (Å²) in [4.78, 5) is 13.2. The summed E-state index contributed by atoms with van der Waals surface area (Å²) in [5.41, 5.74) is 2.68. The minimum Gasteiger partial charge on any atom is -0.294 e. The number of nitrogens with one attached hydrogen (secondary N) is 1. The third-order valence-corrected chi connectivity index (χ3v) is 5.70. The van der Waals surface area contributed by atoms with E-state index in [1.807, 2.05) is 42.5 Å². The van der Waals surface area contributed by atoms with Crippen molar-refractivity contribution >= 4 is 22.3 Å². The highest BCUT2D eigenvalue weighted by Crippen LogP contribution is 2.29. The number of benzene rings is 3. The highest BCUT2D eigenvalue weighted by molar-refractivity contribution is 7.77. The van der Waals surface area contributed by atoms with Crippen molar-refractivity contribution in [3.05, 3.63) is 106 Å². The molecule has 3 aromatic carbocycles. The predicted octanol–water partition coefficient (Wildman–Crippen LogP) is 4.14. The molecule has 1 aromatic heterocycles. The lowest BCUT2D eigenvalue weighted by molar-refractivity contribution is -0.137. The molecule has 172 valence electrons. The molecule has 0 bridgehead atoms. The van der Waals surface area contributed by atoms with Gasteiger partial charge in [-0.1, -0.05) is 48.5 Å². The van der Waals surface area contributed by atoms with Gasteiger partial charge < -0.3 is 0 Å². The Morgan fingerprint density at radius 3 is 1.70 bits per heavy atom. The van der Waals surface area contributed by atoms with E-state index in [1.165, 1.54) is 12.1 Å². The van der Waals surface area contributed by atoms with Gasteiger partial charge in [-0.05, 0) is 41.0 Å². The quantitative estimate of drug-likeness (QED) is 0.395. The van der Waals surface area contributed by atoms with Crippen molar-refractivity contribution in [1.82, 2.24) is 13.9 Å². The van der Waals surface area contributed by atoms with Crippen LogP contribution in [-0.4, -0.2) is 17.9 Å². The van der Waals surface area contributed by atoms with E-state index in [9.17, 15) is 22.2 Å². The van der Waals surface area contributed by atoms with Crippen molar-refractivity contribution in [3.63, 3.8) is 0 Å². The van der Waals surface area contributed by atoms with Gasteiger partial charge in [-0.2, -0.15) is 13.2 Å². The zero-order valence-corrected chi connectivity index (χ0v) is 18.1. The van der Waals surface area contributed by atoms with Crippen LogP contribution in [0, 0.1) is 0 Å². The van der Waals surface area contributed by atoms with Crippen molar-refractivity contribution in [2.24, 2.45) is 0 Å². The Morgan fingerprint density at radius 2 is 1.24 bits per heavy atom. The maximum atomic E-state index is 13.2. The Labute approximate surface area is 189 Å². The first-order valence-electron chi connectivity index (χ1n) is 9.99. The first-order chi connectivity index (χ1) is 15.7. The van der Waals surface area contributed by atoms with Crippen LogP contribution in [0.15, 0.2) is 77.6 Å². The van der Waals surface area contributed by atoms with Gasteiger partial charge in [0.1, 0.15) is 0 Å². The number of hydrogen-bond acceptors (Lipinski definition) is 2. The smallest absolute Gasteiger partial charge is 0.294 e. The number of nitrogens with zero attached hydrogens (tertiary/aromatic N) is 2. The fourth-order valence-corrected chi connectivity index (χ4v) is 3.94. The maximum Gasteiger partial charge on any atom is 0.416 e. The van der Waals surface area contributed by atoms with Crippen LogP contribution in [0.1, 0.15) is 22.3 Å². The third-order valence-electron chi connectivity index (χ3n) is 5.31. The van der Waals surface area contributed by atoms with Crippen molar-refractivity contribution < 1.29 is 21.9 Å². The highest BCUT2D eigenvalue weighted by atomic mass is 32.2. The van der Waals surface area contributed by atoms with E-state index in [0.29, 0.717) is 17.6 Å². The van der Waals surface area contributed by atoms with E-state index in [0.717, 1.165) is 28.8 Å². The monoisotopic (exact) mass is 475 g/mol. The molecule has 1 unspecified atom stereocenters. The van der Waals surface area contributed by atoms with Crippen LogP contribution in [0.5, 0.6) is 0 Å². The van der Waals surface area contributed by atoms with Crippen LogP contribution < -0.4 is 10.4 Å². The van der Waals surface area contributed by atoms with E-state index < -0.39 is 23.0 Å². The summed E-state index contributed by atoms with van der Waals surface area (Å²) in [6, 6.07) is 19.4. The molecule has 0 radical (unpaired) electrons. The molecule has 0 amide bonds. The maximum absolute atomic E-state index is 13.2. The normalized spacial score (nSPS) is 12.8. The Balaban J connectivity index is 1.62. The summed E-state index contributed by atoms with van der Waals surface area (Å²) in [6.45, 7) is 0.683. The number of fused-ring (bicyclic) bond motifs is 1. The van der Waals surface area contributed by atoms with Gasteiger partial charge in [-0.3, -0.25) is 13.7 Å². The van der Waals surface area contributed by atoms with E-state index in [1.54, 1.807) is 15.2 Å². The van der Waals surface area contributed by atoms with Gasteiger partial charge in [-0.25, -0.2) is 13.7 Å². The van der Waals surface area contributed by atoms with Gasteiger partial charge in [0, 0.05) is 6.54 Å². The second-order valence-corrected chi connectivity index (χ2v) is 8.31. The SMILES string of the molecule is O=c1n(Cc2ccc(CNS(=O)O)cc2)c2ccccc2n1Cc1ccc(C(F)(F)F)cc1. The fraction of sp³-hybridized carbons (Fsp3) is 0.174. The lowest BCUT2D eigenvalue weighted by atomic mass is 10.1. The largest absolute Gasteiger partial charge is 0.416 e. The number of imidazole rings is 1. The summed E-state index contributed by atoms with van der Waals surface area (Å²) < 4.78 is 63.7. The first kappa shape index (κ1) is 23.0. The fourth-order valence-electron chi connectivity index (χ4n) is 3.65. The Kier molecular flexibility index (Phi) is 6.50. The number of rotatable bonds is 7. The molecule has 2 N–H and O–H groups in total. The second kappa shape index (κ2) is 9.34. The lowest BCUT2D eigenvalue weighted by Crippen LogP contribution is -2.25. The summed E-state index contributed by atoms with van der Waals surface area (Å²) in [5.74, 6) is 0. The predicted molar refractivity (Wildman–Crippen MR) is 120 cm³/mol. The second-order valence-electron chi connectivity index (χ2n) is 7.53. The average Bonchev–Trinajstić information content (AvgIpc) is 3.04. The van der Waals surface area contributed by atoms with Crippen molar-refractivity contribution in [2.45, 2.75) is 25.8 Å². The summed E-state index contributed by atoms with van der Waals surface area (Å²) in [6.07, 6.45) is -4.41. The molecule has 4 rings (SSSR count). The van der Waals surface area contributed by atoms with Gasteiger partial charge in [0.05, 0.1) is 29.7 Å². The van der Waals surface area contributed by atoms with E-state index in [-0.39, 0.29) is 18.8 Å². The van der Waals surface area contributed by atoms with Crippen molar-refractivity contribution in [3.8, 4) is 0 Å². The van der Waals surface area contributed by atoms with Crippen LogP contribution >= 0.6 is 0 Å². The molecule has 1 heterocycles. The third kappa shape index (κ3) is 5.24. The van der Waals surface area contributed by atoms with Crippen LogP contribution in [-0.2, 0) is 37.1 Å². The van der Waals surface area contributed by atoms with Crippen molar-refractivity contribution in [2.75, 3.05) is 0 Å². The summed E-state index contributed by atoms with van der Waals surface area (Å²) in [5, 5.41) is 0. The molecule has 0 fully saturated rings. The number of para-hydroxylation sites is 2. The molecule has 0 saturated heterocycles. The van der Waals surface area contributed by atoms with Gasteiger partial charge >= 0.3 is 11.9 Å². The minimum absolute atomic E-state index is 0.146. The highest BCUT2D eigenvalue weighted by Gasteiger charge is 2.30. The number of hydrogen-bond donors (Lipinski definition) is 2. The summed E-state index contributed by atoms with van der Waals surface area (Å²) in [7, 11) is 0. The van der Waals surface area contributed by atoms with Crippen LogP contribution in [0.2, 0.25) is 0 Å². The first-order valence-corrected chi connectivity index (χ1v) is 11.1. The Bertz CT molecular complexity index is 1340. The van der Waals surface area contributed by atoms with Crippen LogP contribution in [0.25, 0.3) is 11.0 Å². The van der Waals surface area contributed by atoms with E-state index >= 15 is 0 Å². The van der Waals surface area contributed by atoms with Gasteiger partial charge in [0.25, 0.3) is 0 Å². The molecule has 0 aliphatic rings. The van der Waals surface area contributed by atoms with Gasteiger partial charge in [0.2, 0.25) is 11.3 Å². The Hall–Kier alpha value is -3.21. The van der Waals surface area contributed by atoms with Crippen LogP contribution in [0.3, 0.4) is 0 Å². The summed E-state index contributed by atoms with van der Waals surface area (Å²) >= 11 is -2.10. The van der Waals surface area contributed by atoms with E-state index in [2.05, 4.69) is 4.72 Å². The average molecular weight is 475 g/mol. The lowest BCUT2D eigenvalue weighted by Gasteiger charge is -2.08. The van der Waals surface area contributed by atoms with Crippen molar-refractivity contribution in [1.29, 1.82) is 0 Å². The molecule has 1 atom stereocenters. The molecule has 10 heteroatoms. The topological polar surface area (TPSA) is 76.3 Å². The number of alkyl halides is 3. The molecule has 6 nitrogen and oxygen atoms in total. The minimum atomic E-state index is -4.41. The van der Waals surface area contributed by atoms with Gasteiger partial charge in [-0.15, -0.1) is 0 Å². The molecule has 0 spiro atoms. The van der Waals surface area contributed by atoms with E-state index in [4.69, 9.17) is 4.55 Å². The zero-order valence-electron chi connectivity index (χ0n) is 17.2. The molecular formula is C23H20F3N3O3S. The molecule has 0 aliphatic heterocycles. The zero-order chi connectivity index (χ0) is 23.6. The number of halogens is 3. The Morgan fingerprint density at radius 1 is 0.788 bits per heavy atom. The van der Waals surface area contributed by atoms with Crippen LogP contribution in [0.4, 0.5) is 13.2 Å². The standard InChI is InChI=1S/C23H20F3N3O3S/c24-23(25,26)19-11-9-18(10-12-19)15-29-21-4-2-1-3-20(21)28(22(29)30)14-17-7-5-16(6-8-17)13-27-33(31)32/h1-12,27H,13-15H2,(H,31,32). The van der Waals surface area contributed by atoms with Gasteiger partial charge in [0.15, 0.2) is 0 Å². The molecular weight excluding hydrogens is 455 g/mol. The number of aromatic nitrogens is 2. The molecule has 0 aliphatic carbocycles. The molecule has 0 saturated carbocycles. The molecule has 4 aromatic rings.